The van der Waals surface area contributed by atoms with Crippen molar-refractivity contribution in [2.75, 3.05) is 19.8 Å². The first-order chi connectivity index (χ1) is 17.7. The van der Waals surface area contributed by atoms with E-state index in [1.54, 1.807) is 0 Å². The molecule has 0 amide bonds. The Labute approximate surface area is 226 Å². The molecule has 0 aromatic carbocycles. The number of unbranched alkanes of at least 4 members (excludes halogenated alkanes) is 3. The van der Waals surface area contributed by atoms with Gasteiger partial charge in [0.2, 0.25) is 0 Å². The van der Waals surface area contributed by atoms with Gasteiger partial charge in [0.25, 0.3) is 0 Å². The molecule has 0 saturated carbocycles. The summed E-state index contributed by atoms with van der Waals surface area (Å²) in [7, 11) is 0. The summed E-state index contributed by atoms with van der Waals surface area (Å²) in [5.74, 6) is -1.77. The van der Waals surface area contributed by atoms with Crippen molar-refractivity contribution in [2.24, 2.45) is 17.8 Å². The Morgan fingerprint density at radius 3 is 1.22 bits per heavy atom. The maximum absolute atomic E-state index is 13.0. The summed E-state index contributed by atoms with van der Waals surface area (Å²) < 4.78 is 16.3. The van der Waals surface area contributed by atoms with Gasteiger partial charge in [-0.05, 0) is 37.0 Å². The fraction of sp³-hybridized carbons (Fsp3) is 0.900. The standard InChI is InChI=1S/C30H56O7/c1-7-13-16-24(10-4)21-35-27(31)19-30(34,29(33)37-23-26(12-6)18-15-9-3)20-28(32)36-22-25(11-5)17-14-8-2/h24-26,34H,7-23H2,1-6H3/t24-,25+,26-,30?/m1/s1. The van der Waals surface area contributed by atoms with Gasteiger partial charge < -0.3 is 19.3 Å². The van der Waals surface area contributed by atoms with Gasteiger partial charge in [0.05, 0.1) is 32.7 Å². The second-order valence-electron chi connectivity index (χ2n) is 10.6. The molecule has 0 aromatic heterocycles. The predicted octanol–water partition coefficient (Wildman–Crippen LogP) is 6.78. The number of rotatable bonds is 23. The summed E-state index contributed by atoms with van der Waals surface area (Å²) in [5, 5.41) is 11.2. The summed E-state index contributed by atoms with van der Waals surface area (Å²) in [5.41, 5.74) is -2.31. The van der Waals surface area contributed by atoms with Gasteiger partial charge in [-0.1, -0.05) is 99.3 Å². The van der Waals surface area contributed by atoms with E-state index in [2.05, 4.69) is 20.8 Å². The zero-order valence-electron chi connectivity index (χ0n) is 24.6. The zero-order chi connectivity index (χ0) is 28.1. The van der Waals surface area contributed by atoms with Crippen molar-refractivity contribution in [2.45, 2.75) is 137 Å². The Hall–Kier alpha value is -1.63. The molecule has 0 aliphatic rings. The van der Waals surface area contributed by atoms with Crippen molar-refractivity contribution < 1.29 is 33.7 Å². The maximum Gasteiger partial charge on any atom is 0.339 e. The van der Waals surface area contributed by atoms with Gasteiger partial charge in [0, 0.05) is 0 Å². The molecule has 7 heteroatoms. The van der Waals surface area contributed by atoms with E-state index < -0.39 is 36.4 Å². The molecule has 0 bridgehead atoms. The SMILES string of the molecule is CCCC[C@@H](CC)COC(=O)CC(O)(CC(=O)OC[C@@H](CC)CCCC)C(=O)OC[C@H](CC)CCCC. The molecule has 0 heterocycles. The molecule has 0 spiro atoms. The Morgan fingerprint density at radius 2 is 0.919 bits per heavy atom. The van der Waals surface area contributed by atoms with Gasteiger partial charge >= 0.3 is 17.9 Å². The van der Waals surface area contributed by atoms with E-state index >= 15 is 0 Å². The lowest BCUT2D eigenvalue weighted by atomic mass is 9.95. The largest absolute Gasteiger partial charge is 0.465 e. The number of hydrogen-bond donors (Lipinski definition) is 1. The van der Waals surface area contributed by atoms with Gasteiger partial charge in [-0.25, -0.2) is 4.79 Å². The molecule has 0 aliphatic carbocycles. The highest BCUT2D eigenvalue weighted by Gasteiger charge is 2.43. The molecule has 0 saturated heterocycles. The molecule has 218 valence electrons. The third-order valence-electron chi connectivity index (χ3n) is 7.29. The van der Waals surface area contributed by atoms with E-state index in [4.69, 9.17) is 14.2 Å². The van der Waals surface area contributed by atoms with Crippen LogP contribution in [0.2, 0.25) is 0 Å². The molecule has 1 N–H and O–H groups in total. The van der Waals surface area contributed by atoms with Crippen LogP contribution < -0.4 is 0 Å². The molecule has 0 aromatic rings. The molecule has 37 heavy (non-hydrogen) atoms. The molecule has 7 nitrogen and oxygen atoms in total. The first-order valence-electron chi connectivity index (χ1n) is 14.9. The van der Waals surface area contributed by atoms with Gasteiger partial charge in [-0.2, -0.15) is 0 Å². The summed E-state index contributed by atoms with van der Waals surface area (Å²) in [6.45, 7) is 13.1. The predicted molar refractivity (Wildman–Crippen MR) is 147 cm³/mol. The van der Waals surface area contributed by atoms with Crippen molar-refractivity contribution in [1.82, 2.24) is 0 Å². The minimum atomic E-state index is -2.31. The lowest BCUT2D eigenvalue weighted by molar-refractivity contribution is -0.179. The molecule has 0 aliphatic heterocycles. The lowest BCUT2D eigenvalue weighted by Gasteiger charge is -2.26. The molecular weight excluding hydrogens is 472 g/mol. The van der Waals surface area contributed by atoms with E-state index in [9.17, 15) is 19.5 Å². The van der Waals surface area contributed by atoms with Crippen LogP contribution in [0.5, 0.6) is 0 Å². The smallest absolute Gasteiger partial charge is 0.339 e. The molecule has 1 unspecified atom stereocenters. The van der Waals surface area contributed by atoms with E-state index in [0.29, 0.717) is 0 Å². The normalized spacial score (nSPS) is 15.3. The first kappa shape index (κ1) is 35.4. The van der Waals surface area contributed by atoms with Crippen molar-refractivity contribution in [1.29, 1.82) is 0 Å². The van der Waals surface area contributed by atoms with E-state index in [0.717, 1.165) is 77.0 Å². The van der Waals surface area contributed by atoms with Crippen LogP contribution >= 0.6 is 0 Å². The van der Waals surface area contributed by atoms with Crippen LogP contribution in [0.25, 0.3) is 0 Å². The van der Waals surface area contributed by atoms with Crippen LogP contribution in [0.1, 0.15) is 131 Å². The number of carbonyl (C=O) groups is 3. The molecule has 0 rings (SSSR count). The summed E-state index contributed by atoms with van der Waals surface area (Å²) in [6.07, 6.45) is 10.4. The van der Waals surface area contributed by atoms with Gasteiger partial charge in [-0.15, -0.1) is 0 Å². The average molecular weight is 529 g/mol. The highest BCUT2D eigenvalue weighted by atomic mass is 16.6. The topological polar surface area (TPSA) is 99.1 Å². The summed E-state index contributed by atoms with van der Waals surface area (Å²) in [4.78, 5) is 38.3. The van der Waals surface area contributed by atoms with Crippen molar-refractivity contribution >= 4 is 17.9 Å². The third-order valence-corrected chi connectivity index (χ3v) is 7.29. The minimum Gasteiger partial charge on any atom is -0.465 e. The van der Waals surface area contributed by atoms with Gasteiger partial charge in [0.1, 0.15) is 0 Å². The zero-order valence-corrected chi connectivity index (χ0v) is 24.6. The maximum atomic E-state index is 13.0. The van der Waals surface area contributed by atoms with Crippen molar-refractivity contribution in [3.05, 3.63) is 0 Å². The van der Waals surface area contributed by atoms with Crippen molar-refractivity contribution in [3.8, 4) is 0 Å². The first-order valence-corrected chi connectivity index (χ1v) is 14.9. The summed E-state index contributed by atoms with van der Waals surface area (Å²) >= 11 is 0. The number of ether oxygens (including phenoxy) is 3. The Morgan fingerprint density at radius 1 is 0.595 bits per heavy atom. The number of aliphatic hydroxyl groups is 1. The van der Waals surface area contributed by atoms with Crippen molar-refractivity contribution in [3.63, 3.8) is 0 Å². The van der Waals surface area contributed by atoms with E-state index in [-0.39, 0.29) is 37.6 Å². The lowest BCUT2D eigenvalue weighted by Crippen LogP contribution is -2.45. The second-order valence-corrected chi connectivity index (χ2v) is 10.6. The summed E-state index contributed by atoms with van der Waals surface area (Å²) in [6, 6.07) is 0. The molecular formula is C30H56O7. The van der Waals surface area contributed by atoms with Crippen LogP contribution in [-0.4, -0.2) is 48.4 Å². The molecule has 0 fully saturated rings. The van der Waals surface area contributed by atoms with Crippen LogP contribution in [-0.2, 0) is 28.6 Å². The minimum absolute atomic E-state index is 0.144. The third kappa shape index (κ3) is 16.0. The fourth-order valence-electron chi connectivity index (χ4n) is 4.23. The van der Waals surface area contributed by atoms with Crippen LogP contribution in [0.3, 0.4) is 0 Å². The van der Waals surface area contributed by atoms with Crippen LogP contribution in [0, 0.1) is 17.8 Å². The average Bonchev–Trinajstić information content (AvgIpc) is 2.88. The monoisotopic (exact) mass is 528 g/mol. The number of esters is 3. The van der Waals surface area contributed by atoms with Gasteiger partial charge in [0.15, 0.2) is 5.60 Å². The van der Waals surface area contributed by atoms with Gasteiger partial charge in [-0.3, -0.25) is 9.59 Å². The Balaban J connectivity index is 5.29. The quantitative estimate of drug-likeness (QED) is 0.115. The fourth-order valence-corrected chi connectivity index (χ4v) is 4.23. The molecule has 0 radical (unpaired) electrons. The number of hydrogen-bond acceptors (Lipinski definition) is 7. The molecule has 4 atom stereocenters. The van der Waals surface area contributed by atoms with Crippen LogP contribution in [0.4, 0.5) is 0 Å². The highest BCUT2D eigenvalue weighted by Crippen LogP contribution is 2.23. The van der Waals surface area contributed by atoms with E-state index in [1.165, 1.54) is 0 Å². The second kappa shape index (κ2) is 21.3. The van der Waals surface area contributed by atoms with E-state index in [1.807, 2.05) is 20.8 Å². The highest BCUT2D eigenvalue weighted by molar-refractivity contribution is 5.90. The van der Waals surface area contributed by atoms with Crippen LogP contribution in [0.15, 0.2) is 0 Å². The Bertz CT molecular complexity index is 585. The Kier molecular flexibility index (Phi) is 20.4. The number of carbonyl (C=O) groups excluding carboxylic acids is 3.